The van der Waals surface area contributed by atoms with Gasteiger partial charge in [-0.3, -0.25) is 5.21 Å². The number of hydrogen-bond donors (Lipinski definition) is 3. The highest BCUT2D eigenvalue weighted by Gasteiger charge is 2.04. The fraction of sp³-hybridized carbons (Fsp3) is 0.0588. The summed E-state index contributed by atoms with van der Waals surface area (Å²) in [5.74, 6) is 0.810. The van der Waals surface area contributed by atoms with Crippen LogP contribution in [0.1, 0.15) is 5.56 Å². The molecule has 3 aromatic rings. The zero-order valence-corrected chi connectivity index (χ0v) is 12.8. The van der Waals surface area contributed by atoms with E-state index in [2.05, 4.69) is 10.1 Å². The Morgan fingerprint density at radius 1 is 1.21 bits per heavy atom. The van der Waals surface area contributed by atoms with Gasteiger partial charge in [0.05, 0.1) is 23.8 Å². The summed E-state index contributed by atoms with van der Waals surface area (Å²) in [5, 5.41) is 13.2. The summed E-state index contributed by atoms with van der Waals surface area (Å²) in [6.07, 6.45) is 3.00. The topological polar surface area (TPSA) is 97.7 Å². The van der Waals surface area contributed by atoms with Crippen molar-refractivity contribution in [2.24, 2.45) is 4.99 Å². The van der Waals surface area contributed by atoms with Crippen molar-refractivity contribution >= 4 is 17.3 Å². The molecule has 1 aromatic heterocycles. The quantitative estimate of drug-likeness (QED) is 0.389. The van der Waals surface area contributed by atoms with Crippen LogP contribution in [-0.2, 0) is 6.61 Å². The summed E-state index contributed by atoms with van der Waals surface area (Å²) in [6, 6.07) is 17.1. The van der Waals surface area contributed by atoms with Crippen molar-refractivity contribution in [2.45, 2.75) is 6.61 Å². The molecule has 0 saturated heterocycles. The van der Waals surface area contributed by atoms with E-state index in [0.29, 0.717) is 23.7 Å². The van der Waals surface area contributed by atoms with Crippen molar-refractivity contribution in [1.82, 2.24) is 15.3 Å². The van der Waals surface area contributed by atoms with Crippen molar-refractivity contribution in [3.05, 3.63) is 72.6 Å². The lowest BCUT2D eigenvalue weighted by Gasteiger charge is -2.08. The molecule has 0 unspecified atom stereocenters. The summed E-state index contributed by atoms with van der Waals surface area (Å²) >= 11 is 0. The Kier molecular flexibility index (Phi) is 4.73. The average Bonchev–Trinajstić information content (AvgIpc) is 3.05. The van der Waals surface area contributed by atoms with Gasteiger partial charge in [-0.15, -0.1) is 0 Å². The fourth-order valence-corrected chi connectivity index (χ4v) is 2.09. The number of nitrogens with one attached hydrogen (secondary N) is 1. The Labute approximate surface area is 139 Å². The Balaban J connectivity index is 1.75. The Hall–Kier alpha value is -3.32. The number of ether oxygens (including phenoxy) is 1. The number of aromatic nitrogens is 2. The number of hydrogen-bond acceptors (Lipinski definition) is 5. The number of nitrogens with two attached hydrogens (primary N) is 1. The third-order valence-corrected chi connectivity index (χ3v) is 3.22. The van der Waals surface area contributed by atoms with Crippen molar-refractivity contribution in [1.29, 1.82) is 0 Å². The van der Waals surface area contributed by atoms with Crippen LogP contribution in [0.2, 0.25) is 0 Å². The van der Waals surface area contributed by atoms with Crippen molar-refractivity contribution < 1.29 is 9.94 Å². The summed E-state index contributed by atoms with van der Waals surface area (Å²) in [5.41, 5.74) is 9.78. The first-order valence-electron chi connectivity index (χ1n) is 7.31. The van der Waals surface area contributed by atoms with E-state index < -0.39 is 0 Å². The second-order valence-electron chi connectivity index (χ2n) is 5.04. The summed E-state index contributed by atoms with van der Waals surface area (Å²) < 4.78 is 7.10. The van der Waals surface area contributed by atoms with Gasteiger partial charge in [-0.2, -0.15) is 5.10 Å². The Morgan fingerprint density at radius 2 is 2.04 bits per heavy atom. The van der Waals surface area contributed by atoms with Crippen LogP contribution in [0.5, 0.6) is 5.75 Å². The third kappa shape index (κ3) is 3.90. The lowest BCUT2D eigenvalue weighted by molar-refractivity contribution is 0.229. The molecule has 0 saturated carbocycles. The van der Waals surface area contributed by atoms with Crippen molar-refractivity contribution in [2.75, 3.05) is 5.73 Å². The van der Waals surface area contributed by atoms with Crippen LogP contribution >= 0.6 is 0 Å². The Bertz CT molecular complexity index is 830. The van der Waals surface area contributed by atoms with Gasteiger partial charge in [-0.1, -0.05) is 36.4 Å². The lowest BCUT2D eigenvalue weighted by atomic mass is 10.2. The van der Waals surface area contributed by atoms with Gasteiger partial charge < -0.3 is 10.5 Å². The fourth-order valence-electron chi connectivity index (χ4n) is 2.09. The first-order valence-corrected chi connectivity index (χ1v) is 7.31. The van der Waals surface area contributed by atoms with Crippen LogP contribution in [0.15, 0.2) is 72.0 Å². The van der Waals surface area contributed by atoms with Crippen LogP contribution in [0.25, 0.3) is 0 Å². The molecule has 0 aliphatic heterocycles. The maximum absolute atomic E-state index is 9.26. The summed E-state index contributed by atoms with van der Waals surface area (Å²) in [7, 11) is 0. The van der Waals surface area contributed by atoms with E-state index in [9.17, 15) is 5.21 Å². The predicted octanol–water partition coefficient (Wildman–Crippen LogP) is 2.56. The minimum absolute atomic E-state index is 0.131. The summed E-state index contributed by atoms with van der Waals surface area (Å²) in [4.78, 5) is 4.30. The van der Waals surface area contributed by atoms with Gasteiger partial charge in [0.1, 0.15) is 12.4 Å². The molecule has 4 N–H and O–H groups in total. The molecule has 0 bridgehead atoms. The first kappa shape index (κ1) is 15.6. The van der Waals surface area contributed by atoms with Gasteiger partial charge in [0.25, 0.3) is 0 Å². The van der Waals surface area contributed by atoms with E-state index >= 15 is 0 Å². The zero-order chi connectivity index (χ0) is 16.8. The van der Waals surface area contributed by atoms with E-state index in [1.165, 1.54) is 17.1 Å². The number of aliphatic imine (C=N–C) groups is 1. The SMILES string of the molecule is Nc1cnn(C(=Nc2cccc(OCc3ccccc3)c2)NO)c1. The lowest BCUT2D eigenvalue weighted by Crippen LogP contribution is -2.27. The van der Waals surface area contributed by atoms with E-state index in [4.69, 9.17) is 10.5 Å². The molecule has 3 rings (SSSR count). The second-order valence-corrected chi connectivity index (χ2v) is 5.04. The number of hydroxylamine groups is 1. The molecule has 7 heteroatoms. The van der Waals surface area contributed by atoms with Crippen LogP contribution in [0, 0.1) is 0 Å². The largest absolute Gasteiger partial charge is 0.489 e. The average molecular weight is 323 g/mol. The Morgan fingerprint density at radius 3 is 2.75 bits per heavy atom. The molecule has 24 heavy (non-hydrogen) atoms. The van der Waals surface area contributed by atoms with Crippen LogP contribution in [-0.4, -0.2) is 20.9 Å². The molecular formula is C17H17N5O2. The van der Waals surface area contributed by atoms with Crippen LogP contribution in [0.4, 0.5) is 11.4 Å². The number of benzene rings is 2. The van der Waals surface area contributed by atoms with Gasteiger partial charge in [0, 0.05) is 6.07 Å². The molecular weight excluding hydrogens is 306 g/mol. The third-order valence-electron chi connectivity index (χ3n) is 3.22. The molecule has 0 aliphatic carbocycles. The first-order chi connectivity index (χ1) is 11.7. The maximum atomic E-state index is 9.26. The molecule has 0 fully saturated rings. The predicted molar refractivity (Wildman–Crippen MR) is 91.3 cm³/mol. The van der Waals surface area contributed by atoms with Gasteiger partial charge >= 0.3 is 0 Å². The van der Waals surface area contributed by atoms with E-state index in [0.717, 1.165) is 5.56 Å². The van der Waals surface area contributed by atoms with E-state index in [-0.39, 0.29) is 5.96 Å². The maximum Gasteiger partial charge on any atom is 0.248 e. The minimum Gasteiger partial charge on any atom is -0.489 e. The summed E-state index contributed by atoms with van der Waals surface area (Å²) in [6.45, 7) is 0.467. The number of rotatable bonds is 4. The zero-order valence-electron chi connectivity index (χ0n) is 12.8. The molecule has 0 radical (unpaired) electrons. The van der Waals surface area contributed by atoms with Gasteiger partial charge in [0.2, 0.25) is 5.96 Å². The van der Waals surface area contributed by atoms with Crippen molar-refractivity contribution in [3.8, 4) is 5.75 Å². The smallest absolute Gasteiger partial charge is 0.248 e. The highest BCUT2D eigenvalue weighted by atomic mass is 16.5. The van der Waals surface area contributed by atoms with E-state index in [1.807, 2.05) is 47.9 Å². The molecule has 2 aromatic carbocycles. The molecule has 0 spiro atoms. The monoisotopic (exact) mass is 323 g/mol. The van der Waals surface area contributed by atoms with Gasteiger partial charge in [-0.25, -0.2) is 15.2 Å². The minimum atomic E-state index is 0.131. The van der Waals surface area contributed by atoms with E-state index in [1.54, 1.807) is 12.1 Å². The highest BCUT2D eigenvalue weighted by Crippen LogP contribution is 2.21. The number of nitrogen functional groups attached to an aromatic ring is 1. The molecule has 122 valence electrons. The molecule has 0 amide bonds. The van der Waals surface area contributed by atoms with Gasteiger partial charge in [0.15, 0.2) is 0 Å². The molecule has 7 nitrogen and oxygen atoms in total. The normalized spacial score (nSPS) is 11.3. The standard InChI is InChI=1S/C17H17N5O2/c18-14-10-19-22(11-14)17(21-23)20-15-7-4-8-16(9-15)24-12-13-5-2-1-3-6-13/h1-11,23H,12,18H2,(H,20,21). The molecule has 0 atom stereocenters. The van der Waals surface area contributed by atoms with Crippen LogP contribution in [0.3, 0.4) is 0 Å². The molecule has 0 aliphatic rings. The van der Waals surface area contributed by atoms with Gasteiger partial charge in [-0.05, 0) is 17.7 Å². The number of anilines is 1. The molecule has 1 heterocycles. The van der Waals surface area contributed by atoms with Crippen LogP contribution < -0.4 is 16.0 Å². The van der Waals surface area contributed by atoms with Crippen molar-refractivity contribution in [3.63, 3.8) is 0 Å². The second kappa shape index (κ2) is 7.30. The highest BCUT2D eigenvalue weighted by molar-refractivity contribution is 5.83. The number of nitrogens with zero attached hydrogens (tertiary/aromatic N) is 3.